The van der Waals surface area contributed by atoms with Crippen molar-refractivity contribution < 1.29 is 10.2 Å². The molecular weight excluding hydrogens is 392 g/mol. The molecule has 8 fully saturated rings. The molecule has 0 saturated heterocycles. The maximum atomic E-state index is 11.3. The number of hydrogen-bond donors (Lipinski definition) is 2. The summed E-state index contributed by atoms with van der Waals surface area (Å²) in [7, 11) is 0. The van der Waals surface area contributed by atoms with Crippen molar-refractivity contribution in [2.24, 2.45) is 35.5 Å². The second-order valence-electron chi connectivity index (χ2n) is 13.5. The topological polar surface area (TPSA) is 40.5 Å². The highest BCUT2D eigenvalue weighted by Crippen LogP contribution is 2.63. The number of rotatable bonds is 2. The van der Waals surface area contributed by atoms with Crippen LogP contribution < -0.4 is 0 Å². The van der Waals surface area contributed by atoms with E-state index in [1.807, 2.05) is 0 Å². The monoisotopic (exact) mass is 428 g/mol. The molecule has 0 radical (unpaired) electrons. The van der Waals surface area contributed by atoms with Gasteiger partial charge in [-0.2, -0.15) is 0 Å². The van der Waals surface area contributed by atoms with E-state index in [-0.39, 0.29) is 10.8 Å². The zero-order chi connectivity index (χ0) is 21.2. The first-order chi connectivity index (χ1) is 15.5. The first kappa shape index (κ1) is 18.7. The average Bonchev–Trinajstić information content (AvgIpc) is 2.72. The molecule has 168 valence electrons. The third-order valence-corrected chi connectivity index (χ3v) is 11.3. The number of fused-ring (bicyclic) bond motifs is 1. The summed E-state index contributed by atoms with van der Waals surface area (Å²) in [6, 6.07) is 8.72. The zero-order valence-electron chi connectivity index (χ0n) is 19.2. The van der Waals surface area contributed by atoms with Crippen molar-refractivity contribution in [3.63, 3.8) is 0 Å². The van der Waals surface area contributed by atoms with Crippen molar-refractivity contribution in [3.05, 3.63) is 35.4 Å². The molecule has 8 aliphatic rings. The smallest absolute Gasteiger partial charge is 0.123 e. The van der Waals surface area contributed by atoms with Crippen LogP contribution in [0, 0.1) is 35.5 Å². The van der Waals surface area contributed by atoms with Crippen LogP contribution in [0.1, 0.15) is 88.2 Å². The molecule has 0 heterocycles. The van der Waals surface area contributed by atoms with Gasteiger partial charge in [-0.3, -0.25) is 0 Å². The fourth-order valence-corrected chi connectivity index (χ4v) is 11.0. The second kappa shape index (κ2) is 6.05. The molecule has 0 aromatic heterocycles. The highest BCUT2D eigenvalue weighted by atomic mass is 16.3. The first-order valence-electron chi connectivity index (χ1n) is 13.5. The molecule has 0 unspecified atom stereocenters. The van der Waals surface area contributed by atoms with E-state index < -0.39 is 0 Å². The lowest BCUT2D eigenvalue weighted by atomic mass is 9.47. The molecular formula is C30H36O2. The normalized spacial score (nSPS) is 45.8. The van der Waals surface area contributed by atoms with Gasteiger partial charge < -0.3 is 10.2 Å². The molecule has 0 amide bonds. The zero-order valence-corrected chi connectivity index (χ0v) is 19.2. The fourth-order valence-electron chi connectivity index (χ4n) is 11.0. The van der Waals surface area contributed by atoms with Crippen molar-refractivity contribution in [2.45, 2.75) is 87.9 Å². The van der Waals surface area contributed by atoms with Gasteiger partial charge in [0, 0.05) is 10.8 Å². The van der Waals surface area contributed by atoms with Crippen molar-refractivity contribution in [1.82, 2.24) is 0 Å². The molecule has 8 aliphatic carbocycles. The third-order valence-electron chi connectivity index (χ3n) is 11.3. The second-order valence-corrected chi connectivity index (χ2v) is 13.5. The van der Waals surface area contributed by atoms with E-state index in [0.717, 1.165) is 46.3 Å². The van der Waals surface area contributed by atoms with E-state index in [4.69, 9.17) is 0 Å². The van der Waals surface area contributed by atoms with Gasteiger partial charge in [-0.15, -0.1) is 0 Å². The van der Waals surface area contributed by atoms with Crippen LogP contribution in [0.2, 0.25) is 0 Å². The molecule has 0 aliphatic heterocycles. The van der Waals surface area contributed by atoms with E-state index >= 15 is 0 Å². The molecule has 2 N–H and O–H groups in total. The summed E-state index contributed by atoms with van der Waals surface area (Å²) in [5, 5.41) is 24.3. The van der Waals surface area contributed by atoms with Crippen molar-refractivity contribution in [1.29, 1.82) is 0 Å². The Kier molecular flexibility index (Phi) is 3.53. The molecule has 2 aromatic carbocycles. The SMILES string of the molecule is Oc1cc(C23CC4CC(CC(C4)C2)C3)cc2c(O)cc(C34CC5CC(CC(C5)C3)C4)cc12. The minimum atomic E-state index is 0.242. The summed E-state index contributed by atoms with van der Waals surface area (Å²) in [6.45, 7) is 0. The van der Waals surface area contributed by atoms with Crippen molar-refractivity contribution in [2.75, 3.05) is 0 Å². The third kappa shape index (κ3) is 2.48. The molecule has 8 bridgehead atoms. The quantitative estimate of drug-likeness (QED) is 0.531. The molecule has 0 atom stereocenters. The standard InChI is InChI=1S/C30H36O2/c31-27-9-23(29-11-17-1-18(12-29)3-19(2-17)13-29)7-25-26(27)8-24(10-28(25)32)30-14-20-4-21(15-30)6-22(5-20)16-30/h7-10,17-22,31-32H,1-6,11-16H2. The number of phenols is 2. The summed E-state index contributed by atoms with van der Waals surface area (Å²) in [5.74, 6) is 6.08. The Morgan fingerprint density at radius 3 is 1.03 bits per heavy atom. The van der Waals surface area contributed by atoms with Crippen molar-refractivity contribution >= 4 is 10.8 Å². The number of aromatic hydroxyl groups is 2. The largest absolute Gasteiger partial charge is 0.507 e. The Bertz CT molecular complexity index is 968. The minimum Gasteiger partial charge on any atom is -0.507 e. The predicted octanol–water partition coefficient (Wildman–Crippen LogP) is 7.19. The van der Waals surface area contributed by atoms with Gasteiger partial charge in [0.05, 0.1) is 0 Å². The van der Waals surface area contributed by atoms with E-state index in [2.05, 4.69) is 24.3 Å². The van der Waals surface area contributed by atoms with Crippen LogP contribution >= 0.6 is 0 Å². The Labute approximate surface area is 191 Å². The van der Waals surface area contributed by atoms with Gasteiger partial charge in [0.15, 0.2) is 0 Å². The van der Waals surface area contributed by atoms with Crippen LogP contribution in [0.3, 0.4) is 0 Å². The van der Waals surface area contributed by atoms with Gasteiger partial charge in [-0.25, -0.2) is 0 Å². The van der Waals surface area contributed by atoms with Crippen LogP contribution in [0.4, 0.5) is 0 Å². The van der Waals surface area contributed by atoms with Crippen LogP contribution in [0.15, 0.2) is 24.3 Å². The first-order valence-corrected chi connectivity index (χ1v) is 13.5. The van der Waals surface area contributed by atoms with Gasteiger partial charge >= 0.3 is 0 Å². The molecule has 0 spiro atoms. The molecule has 10 rings (SSSR count). The number of hydrogen-bond acceptors (Lipinski definition) is 2. The number of phenolic OH excluding ortho intramolecular Hbond substituents is 2. The summed E-state index contributed by atoms with van der Waals surface area (Å²) < 4.78 is 0. The van der Waals surface area contributed by atoms with Crippen molar-refractivity contribution in [3.8, 4) is 11.5 Å². The highest BCUT2D eigenvalue weighted by Gasteiger charge is 2.53. The van der Waals surface area contributed by atoms with E-state index in [1.165, 1.54) is 88.2 Å². The minimum absolute atomic E-state index is 0.242. The maximum absolute atomic E-state index is 11.3. The fraction of sp³-hybridized carbons (Fsp3) is 0.667. The van der Waals surface area contributed by atoms with E-state index in [0.29, 0.717) is 11.5 Å². The van der Waals surface area contributed by atoms with Gasteiger partial charge in [0.2, 0.25) is 0 Å². The lowest BCUT2D eigenvalue weighted by molar-refractivity contribution is -0.00547. The number of benzene rings is 2. The summed E-state index contributed by atoms with van der Waals surface area (Å²) in [4.78, 5) is 0. The Morgan fingerprint density at radius 2 is 0.750 bits per heavy atom. The van der Waals surface area contributed by atoms with E-state index in [1.54, 1.807) is 0 Å². The van der Waals surface area contributed by atoms with Crippen LogP contribution in [0.25, 0.3) is 10.8 Å². The molecule has 32 heavy (non-hydrogen) atoms. The summed E-state index contributed by atoms with van der Waals surface area (Å²) in [5.41, 5.74) is 3.09. The predicted molar refractivity (Wildman–Crippen MR) is 127 cm³/mol. The lowest BCUT2D eigenvalue weighted by Gasteiger charge is -2.57. The van der Waals surface area contributed by atoms with Gasteiger partial charge in [0.1, 0.15) is 11.5 Å². The van der Waals surface area contributed by atoms with E-state index in [9.17, 15) is 10.2 Å². The Balaban J connectivity index is 1.23. The summed E-state index contributed by atoms with van der Waals surface area (Å²) >= 11 is 0. The highest BCUT2D eigenvalue weighted by molar-refractivity contribution is 5.94. The Morgan fingerprint density at radius 1 is 0.469 bits per heavy atom. The maximum Gasteiger partial charge on any atom is 0.123 e. The van der Waals surface area contributed by atoms with Gasteiger partial charge in [0.25, 0.3) is 0 Å². The summed E-state index contributed by atoms with van der Waals surface area (Å²) in [6.07, 6.45) is 16.3. The average molecular weight is 429 g/mol. The lowest BCUT2D eigenvalue weighted by Crippen LogP contribution is -2.48. The van der Waals surface area contributed by atoms with Gasteiger partial charge in [-0.05, 0) is 159 Å². The molecule has 2 aromatic rings. The molecule has 2 nitrogen and oxygen atoms in total. The van der Waals surface area contributed by atoms with Crippen LogP contribution in [0.5, 0.6) is 11.5 Å². The van der Waals surface area contributed by atoms with Gasteiger partial charge in [-0.1, -0.05) is 0 Å². The molecule has 2 heteroatoms. The molecule has 8 saturated carbocycles. The van der Waals surface area contributed by atoms with Crippen LogP contribution in [-0.4, -0.2) is 10.2 Å². The Hall–Kier alpha value is -1.70. The van der Waals surface area contributed by atoms with Crippen LogP contribution in [-0.2, 0) is 10.8 Å².